The number of thiocarbonyl (C=S) groups is 1. The van der Waals surface area contributed by atoms with Crippen molar-refractivity contribution in [1.29, 1.82) is 0 Å². The molecular weight excluding hydrogens is 276 g/mol. The lowest BCUT2D eigenvalue weighted by molar-refractivity contribution is 0.183. The maximum absolute atomic E-state index is 6.69. The molecule has 2 nitrogen and oxygen atoms in total. The highest BCUT2D eigenvalue weighted by Crippen LogP contribution is 2.39. The van der Waals surface area contributed by atoms with E-state index in [4.69, 9.17) is 23.8 Å². The van der Waals surface area contributed by atoms with Gasteiger partial charge in [-0.2, -0.15) is 0 Å². The summed E-state index contributed by atoms with van der Waals surface area (Å²) < 4.78 is 0. The fourth-order valence-corrected chi connectivity index (χ4v) is 3.62. The van der Waals surface area contributed by atoms with Gasteiger partial charge in [0.05, 0.1) is 0 Å². The van der Waals surface area contributed by atoms with E-state index in [0.717, 1.165) is 31.3 Å². The summed E-state index contributed by atoms with van der Waals surface area (Å²) in [7, 11) is 0. The second-order valence-corrected chi connectivity index (χ2v) is 6.61. The van der Waals surface area contributed by atoms with Gasteiger partial charge in [-0.05, 0) is 37.0 Å². The third-order valence-electron chi connectivity index (χ3n) is 4.07. The topological polar surface area (TPSA) is 6.48 Å². The summed E-state index contributed by atoms with van der Waals surface area (Å²) in [6, 6.07) is 10.3. The molecule has 4 heteroatoms. The average Bonchev–Trinajstić information content (AvgIpc) is 2.45. The molecule has 0 unspecified atom stereocenters. The summed E-state index contributed by atoms with van der Waals surface area (Å²) in [6.07, 6.45) is 3.86. The molecule has 2 fully saturated rings. The van der Waals surface area contributed by atoms with Crippen LogP contribution >= 0.6 is 23.8 Å². The highest BCUT2D eigenvalue weighted by atomic mass is 35.5. The van der Waals surface area contributed by atoms with Crippen LogP contribution in [0.15, 0.2) is 30.3 Å². The van der Waals surface area contributed by atoms with E-state index < -0.39 is 0 Å². The van der Waals surface area contributed by atoms with Gasteiger partial charge in [-0.25, -0.2) is 0 Å². The standard InChI is InChI=1S/C15H19ClN2S/c16-15(13-7-3-1-4-8-13)11-18(12-15)14(19)17-9-5-2-6-10-17/h1,3-4,7-8H,2,5-6,9-12H2. The highest BCUT2D eigenvalue weighted by Gasteiger charge is 2.44. The maximum atomic E-state index is 6.69. The number of benzene rings is 1. The van der Waals surface area contributed by atoms with E-state index in [1.54, 1.807) is 0 Å². The van der Waals surface area contributed by atoms with Gasteiger partial charge < -0.3 is 9.80 Å². The molecule has 19 heavy (non-hydrogen) atoms. The van der Waals surface area contributed by atoms with Crippen molar-refractivity contribution in [2.24, 2.45) is 0 Å². The SMILES string of the molecule is S=C(N1CCCCC1)N1CC(Cl)(c2ccccc2)C1. The molecule has 0 atom stereocenters. The third kappa shape index (κ3) is 2.59. The predicted molar refractivity (Wildman–Crippen MR) is 83.6 cm³/mol. The van der Waals surface area contributed by atoms with Crippen molar-refractivity contribution in [3.63, 3.8) is 0 Å². The zero-order valence-electron chi connectivity index (χ0n) is 11.0. The molecule has 102 valence electrons. The monoisotopic (exact) mass is 294 g/mol. The molecule has 0 saturated carbocycles. The summed E-state index contributed by atoms with van der Waals surface area (Å²) in [5.74, 6) is 0. The normalized spacial score (nSPS) is 21.9. The van der Waals surface area contributed by atoms with Gasteiger partial charge in [-0.1, -0.05) is 30.3 Å². The first-order chi connectivity index (χ1) is 9.19. The van der Waals surface area contributed by atoms with Crippen molar-refractivity contribution in [1.82, 2.24) is 9.80 Å². The Balaban J connectivity index is 1.61. The van der Waals surface area contributed by atoms with E-state index in [1.165, 1.54) is 24.8 Å². The summed E-state index contributed by atoms with van der Waals surface area (Å²) in [6.45, 7) is 3.87. The first kappa shape index (κ1) is 13.2. The number of alkyl halides is 1. The van der Waals surface area contributed by atoms with Crippen LogP contribution in [-0.4, -0.2) is 41.1 Å². The van der Waals surface area contributed by atoms with Crippen molar-refractivity contribution >= 4 is 28.9 Å². The first-order valence-corrected chi connectivity index (χ1v) is 7.76. The highest BCUT2D eigenvalue weighted by molar-refractivity contribution is 7.80. The number of piperidine rings is 1. The number of likely N-dealkylation sites (tertiary alicyclic amines) is 2. The van der Waals surface area contributed by atoms with Crippen LogP contribution in [0.5, 0.6) is 0 Å². The van der Waals surface area contributed by atoms with Gasteiger partial charge >= 0.3 is 0 Å². The Kier molecular flexibility index (Phi) is 3.68. The Morgan fingerprint density at radius 3 is 2.26 bits per heavy atom. The lowest BCUT2D eigenvalue weighted by atomic mass is 9.90. The smallest absolute Gasteiger partial charge is 0.171 e. The van der Waals surface area contributed by atoms with E-state index >= 15 is 0 Å². The number of nitrogens with zero attached hydrogens (tertiary/aromatic N) is 2. The number of hydrogen-bond acceptors (Lipinski definition) is 1. The zero-order chi connectivity index (χ0) is 13.3. The van der Waals surface area contributed by atoms with Gasteiger partial charge in [0.1, 0.15) is 4.87 Å². The molecule has 0 aliphatic carbocycles. The summed E-state index contributed by atoms with van der Waals surface area (Å²) in [5.41, 5.74) is 1.20. The number of hydrogen-bond donors (Lipinski definition) is 0. The first-order valence-electron chi connectivity index (χ1n) is 6.97. The maximum Gasteiger partial charge on any atom is 0.171 e. The van der Waals surface area contributed by atoms with Gasteiger partial charge in [-0.3, -0.25) is 0 Å². The third-order valence-corrected chi connectivity index (χ3v) is 5.04. The quantitative estimate of drug-likeness (QED) is 0.580. The molecule has 0 spiro atoms. The number of rotatable bonds is 1. The molecule has 2 heterocycles. The Hall–Kier alpha value is -0.800. The Bertz CT molecular complexity index is 450. The molecule has 0 N–H and O–H groups in total. The van der Waals surface area contributed by atoms with Crippen LogP contribution in [0.2, 0.25) is 0 Å². The second-order valence-electron chi connectivity index (χ2n) is 5.52. The molecule has 0 aromatic heterocycles. The lowest BCUT2D eigenvalue weighted by Gasteiger charge is -2.50. The molecule has 1 aromatic rings. The summed E-state index contributed by atoms with van der Waals surface area (Å²) in [4.78, 5) is 4.32. The van der Waals surface area contributed by atoms with Gasteiger partial charge in [0, 0.05) is 26.2 Å². The number of halogens is 1. The van der Waals surface area contributed by atoms with E-state index in [-0.39, 0.29) is 4.87 Å². The van der Waals surface area contributed by atoms with Gasteiger partial charge in [0.15, 0.2) is 5.11 Å². The van der Waals surface area contributed by atoms with Crippen molar-refractivity contribution in [3.05, 3.63) is 35.9 Å². The average molecular weight is 295 g/mol. The summed E-state index contributed by atoms with van der Waals surface area (Å²) >= 11 is 12.3. The van der Waals surface area contributed by atoms with Gasteiger partial charge in [-0.15, -0.1) is 11.6 Å². The Morgan fingerprint density at radius 2 is 1.63 bits per heavy atom. The van der Waals surface area contributed by atoms with E-state index in [0.29, 0.717) is 0 Å². The molecule has 0 radical (unpaired) electrons. The second kappa shape index (κ2) is 5.29. The molecule has 0 bridgehead atoms. The minimum absolute atomic E-state index is 0.249. The van der Waals surface area contributed by atoms with Crippen LogP contribution in [0, 0.1) is 0 Å². The molecule has 1 aromatic carbocycles. The molecule has 2 aliphatic heterocycles. The molecule has 0 amide bonds. The summed E-state index contributed by atoms with van der Waals surface area (Å²) in [5, 5.41) is 0.993. The van der Waals surface area contributed by atoms with Gasteiger partial charge in [0.25, 0.3) is 0 Å². The van der Waals surface area contributed by atoms with Gasteiger partial charge in [0.2, 0.25) is 0 Å². The lowest BCUT2D eigenvalue weighted by Crippen LogP contribution is -2.61. The van der Waals surface area contributed by atoms with Crippen LogP contribution in [0.25, 0.3) is 0 Å². The van der Waals surface area contributed by atoms with Crippen LogP contribution in [0.4, 0.5) is 0 Å². The van der Waals surface area contributed by atoms with Crippen LogP contribution in [0.3, 0.4) is 0 Å². The van der Waals surface area contributed by atoms with Crippen molar-refractivity contribution < 1.29 is 0 Å². The molecule has 2 saturated heterocycles. The predicted octanol–water partition coefficient (Wildman–Crippen LogP) is 3.21. The molecule has 2 aliphatic rings. The van der Waals surface area contributed by atoms with Crippen molar-refractivity contribution in [3.8, 4) is 0 Å². The fourth-order valence-electron chi connectivity index (χ4n) is 2.90. The Morgan fingerprint density at radius 1 is 1.00 bits per heavy atom. The molecular formula is C15H19ClN2S. The minimum atomic E-state index is -0.249. The molecule has 3 rings (SSSR count). The van der Waals surface area contributed by atoms with E-state index in [1.807, 2.05) is 18.2 Å². The largest absolute Gasteiger partial charge is 0.349 e. The van der Waals surface area contributed by atoms with E-state index in [9.17, 15) is 0 Å². The van der Waals surface area contributed by atoms with Crippen molar-refractivity contribution in [2.75, 3.05) is 26.2 Å². The van der Waals surface area contributed by atoms with Crippen LogP contribution in [-0.2, 0) is 4.87 Å². The minimum Gasteiger partial charge on any atom is -0.349 e. The Labute approximate surface area is 125 Å². The van der Waals surface area contributed by atoms with Crippen molar-refractivity contribution in [2.45, 2.75) is 24.1 Å². The van der Waals surface area contributed by atoms with Crippen LogP contribution in [0.1, 0.15) is 24.8 Å². The fraction of sp³-hybridized carbons (Fsp3) is 0.533. The zero-order valence-corrected chi connectivity index (χ0v) is 12.6. The van der Waals surface area contributed by atoms with E-state index in [2.05, 4.69) is 21.9 Å². The van der Waals surface area contributed by atoms with Crippen LogP contribution < -0.4 is 0 Å².